The second-order valence-electron chi connectivity index (χ2n) is 4.39. The van der Waals surface area contributed by atoms with Crippen molar-refractivity contribution in [1.82, 2.24) is 4.90 Å². The maximum Gasteiger partial charge on any atom is 0.433 e. The first kappa shape index (κ1) is 12.6. The van der Waals surface area contributed by atoms with Gasteiger partial charge in [-0.05, 0) is 32.0 Å². The fourth-order valence-electron chi connectivity index (χ4n) is 2.11. The van der Waals surface area contributed by atoms with Gasteiger partial charge in [-0.2, -0.15) is 0 Å². The van der Waals surface area contributed by atoms with Gasteiger partial charge in [-0.15, -0.1) is 0 Å². The van der Waals surface area contributed by atoms with Crippen molar-refractivity contribution in [3.05, 3.63) is 28.0 Å². The third-order valence-electron chi connectivity index (χ3n) is 3.14. The molecule has 1 fully saturated rings. The topological polar surface area (TPSA) is 96.8 Å². The molecule has 0 bridgehead atoms. The molecule has 0 atom stereocenters. The van der Waals surface area contributed by atoms with E-state index in [0.717, 1.165) is 0 Å². The summed E-state index contributed by atoms with van der Waals surface area (Å²) in [4.78, 5) is 22.7. The predicted octanol–water partition coefficient (Wildman–Crippen LogP) is 1.48. The van der Waals surface area contributed by atoms with Crippen LogP contribution in [0.2, 0.25) is 0 Å². The maximum atomic E-state index is 10.8. The number of aliphatic carboxylic acids is 1. The molecule has 1 aliphatic heterocycles. The number of hydrogen-bond donors (Lipinski definition) is 1. The van der Waals surface area contributed by atoms with E-state index in [0.29, 0.717) is 38.2 Å². The van der Waals surface area contributed by atoms with Crippen LogP contribution >= 0.6 is 0 Å². The zero-order valence-electron chi connectivity index (χ0n) is 9.74. The molecule has 0 aromatic carbocycles. The highest BCUT2D eigenvalue weighted by Crippen LogP contribution is 2.21. The Hall–Kier alpha value is -1.89. The number of rotatable bonds is 4. The highest BCUT2D eigenvalue weighted by Gasteiger charge is 2.25. The average molecular weight is 254 g/mol. The van der Waals surface area contributed by atoms with Crippen molar-refractivity contribution in [2.45, 2.75) is 19.4 Å². The fourth-order valence-corrected chi connectivity index (χ4v) is 2.11. The number of likely N-dealkylation sites (tertiary alicyclic amines) is 1. The lowest BCUT2D eigenvalue weighted by Gasteiger charge is -2.29. The Morgan fingerprint density at radius 3 is 2.67 bits per heavy atom. The van der Waals surface area contributed by atoms with E-state index in [2.05, 4.69) is 0 Å². The van der Waals surface area contributed by atoms with Crippen LogP contribution in [-0.2, 0) is 11.3 Å². The van der Waals surface area contributed by atoms with Crippen LogP contribution in [0.5, 0.6) is 0 Å². The summed E-state index contributed by atoms with van der Waals surface area (Å²) in [7, 11) is 0. The van der Waals surface area contributed by atoms with E-state index in [1.54, 1.807) is 6.07 Å². The molecular weight excluding hydrogens is 240 g/mol. The molecule has 7 heteroatoms. The third-order valence-corrected chi connectivity index (χ3v) is 3.14. The molecule has 0 spiro atoms. The number of nitro groups is 1. The molecule has 1 aromatic heterocycles. The van der Waals surface area contributed by atoms with Crippen molar-refractivity contribution < 1.29 is 19.2 Å². The van der Waals surface area contributed by atoms with E-state index in [1.165, 1.54) is 6.07 Å². The van der Waals surface area contributed by atoms with Crippen molar-refractivity contribution in [2.75, 3.05) is 13.1 Å². The summed E-state index contributed by atoms with van der Waals surface area (Å²) in [6, 6.07) is 2.92. The predicted molar refractivity (Wildman–Crippen MR) is 61.0 cm³/mol. The van der Waals surface area contributed by atoms with Crippen LogP contribution in [0.3, 0.4) is 0 Å². The van der Waals surface area contributed by atoms with Crippen molar-refractivity contribution in [2.24, 2.45) is 5.92 Å². The lowest BCUT2D eigenvalue weighted by molar-refractivity contribution is -0.402. The van der Waals surface area contributed by atoms with E-state index in [1.807, 2.05) is 4.90 Å². The number of furan rings is 1. The summed E-state index contributed by atoms with van der Waals surface area (Å²) in [5, 5.41) is 19.3. The first-order valence-corrected chi connectivity index (χ1v) is 5.74. The number of carboxylic acids is 1. The van der Waals surface area contributed by atoms with Crippen LogP contribution in [0.15, 0.2) is 16.5 Å². The van der Waals surface area contributed by atoms with E-state index in [9.17, 15) is 14.9 Å². The normalized spacial score (nSPS) is 17.8. The van der Waals surface area contributed by atoms with E-state index < -0.39 is 10.9 Å². The number of carboxylic acid groups (broad SMARTS) is 1. The van der Waals surface area contributed by atoms with Gasteiger partial charge in [0.25, 0.3) is 0 Å². The summed E-state index contributed by atoms with van der Waals surface area (Å²) in [6.07, 6.45) is 1.22. The Morgan fingerprint density at radius 2 is 2.17 bits per heavy atom. The molecule has 0 aliphatic carbocycles. The number of carbonyl (C=O) groups is 1. The Bertz CT molecular complexity index is 448. The third kappa shape index (κ3) is 2.86. The quantitative estimate of drug-likeness (QED) is 0.645. The molecule has 2 heterocycles. The highest BCUT2D eigenvalue weighted by atomic mass is 16.6. The van der Waals surface area contributed by atoms with Crippen molar-refractivity contribution in [1.29, 1.82) is 0 Å². The minimum absolute atomic E-state index is 0.259. The fraction of sp³-hybridized carbons (Fsp3) is 0.545. The van der Waals surface area contributed by atoms with Gasteiger partial charge in [-0.3, -0.25) is 19.8 Å². The molecule has 1 saturated heterocycles. The Labute approximate surface area is 103 Å². The molecule has 0 saturated carbocycles. The van der Waals surface area contributed by atoms with Gasteiger partial charge in [0.1, 0.15) is 10.7 Å². The molecule has 1 N–H and O–H groups in total. The smallest absolute Gasteiger partial charge is 0.433 e. The van der Waals surface area contributed by atoms with Crippen molar-refractivity contribution in [3.8, 4) is 0 Å². The van der Waals surface area contributed by atoms with E-state index in [-0.39, 0.29) is 11.8 Å². The molecule has 7 nitrogen and oxygen atoms in total. The first-order valence-electron chi connectivity index (χ1n) is 5.74. The van der Waals surface area contributed by atoms with Crippen LogP contribution in [0.25, 0.3) is 0 Å². The van der Waals surface area contributed by atoms with Crippen molar-refractivity contribution in [3.63, 3.8) is 0 Å². The van der Waals surface area contributed by atoms with Gasteiger partial charge >= 0.3 is 11.9 Å². The zero-order valence-corrected chi connectivity index (χ0v) is 9.74. The van der Waals surface area contributed by atoms with E-state index in [4.69, 9.17) is 9.52 Å². The molecule has 2 rings (SSSR count). The second kappa shape index (κ2) is 5.18. The van der Waals surface area contributed by atoms with Gasteiger partial charge in [-0.1, -0.05) is 0 Å². The molecule has 18 heavy (non-hydrogen) atoms. The average Bonchev–Trinajstić information content (AvgIpc) is 2.78. The Kier molecular flexibility index (Phi) is 3.61. The van der Waals surface area contributed by atoms with Gasteiger partial charge in [-0.25, -0.2) is 0 Å². The van der Waals surface area contributed by atoms with Crippen LogP contribution in [0.1, 0.15) is 18.6 Å². The zero-order chi connectivity index (χ0) is 13.1. The van der Waals surface area contributed by atoms with Crippen LogP contribution < -0.4 is 0 Å². The molecular formula is C11H14N2O5. The number of nitrogens with zero attached hydrogens (tertiary/aromatic N) is 2. The van der Waals surface area contributed by atoms with Crippen LogP contribution in [-0.4, -0.2) is 34.0 Å². The summed E-state index contributed by atoms with van der Waals surface area (Å²) in [6.45, 7) is 1.83. The maximum absolute atomic E-state index is 10.8. The SMILES string of the molecule is O=C(O)C1CCN(Cc2ccc([N+](=O)[O-])o2)CC1. The second-order valence-corrected chi connectivity index (χ2v) is 4.39. The largest absolute Gasteiger partial charge is 0.481 e. The van der Waals surface area contributed by atoms with E-state index >= 15 is 0 Å². The number of hydrogen-bond acceptors (Lipinski definition) is 5. The lowest BCUT2D eigenvalue weighted by atomic mass is 9.97. The van der Waals surface area contributed by atoms with Crippen LogP contribution in [0, 0.1) is 16.0 Å². The minimum Gasteiger partial charge on any atom is -0.481 e. The summed E-state index contributed by atoms with van der Waals surface area (Å²) in [5.74, 6) is -0.739. The standard InChI is InChI=1S/C11H14N2O5/c14-11(15)8-3-5-12(6-4-8)7-9-1-2-10(18-9)13(16)17/h1-2,8H,3-7H2,(H,14,15). The van der Waals surface area contributed by atoms with Gasteiger partial charge in [0.15, 0.2) is 0 Å². The number of piperidine rings is 1. The monoisotopic (exact) mass is 254 g/mol. The van der Waals surface area contributed by atoms with Gasteiger partial charge in [0, 0.05) is 0 Å². The lowest BCUT2D eigenvalue weighted by Crippen LogP contribution is -2.35. The van der Waals surface area contributed by atoms with Crippen LogP contribution in [0.4, 0.5) is 5.88 Å². The Balaban J connectivity index is 1.87. The minimum atomic E-state index is -0.747. The highest BCUT2D eigenvalue weighted by molar-refractivity contribution is 5.70. The van der Waals surface area contributed by atoms with Gasteiger partial charge < -0.3 is 9.52 Å². The molecule has 0 unspecified atom stereocenters. The first-order chi connectivity index (χ1) is 8.56. The van der Waals surface area contributed by atoms with Gasteiger partial charge in [0.05, 0.1) is 18.5 Å². The summed E-state index contributed by atoms with van der Waals surface area (Å²) < 4.78 is 5.07. The molecule has 0 amide bonds. The molecule has 1 aliphatic rings. The molecule has 0 radical (unpaired) electrons. The molecule has 1 aromatic rings. The van der Waals surface area contributed by atoms with Gasteiger partial charge in [0.2, 0.25) is 0 Å². The Morgan fingerprint density at radius 1 is 1.50 bits per heavy atom. The molecule has 98 valence electrons. The summed E-state index contributed by atoms with van der Waals surface area (Å²) >= 11 is 0. The van der Waals surface area contributed by atoms with Crippen molar-refractivity contribution >= 4 is 11.9 Å². The summed E-state index contributed by atoms with van der Waals surface area (Å²) in [5.41, 5.74) is 0.